The lowest BCUT2D eigenvalue weighted by molar-refractivity contribution is -0.132. The van der Waals surface area contributed by atoms with Crippen LogP contribution in [0.5, 0.6) is 0 Å². The Morgan fingerprint density at radius 2 is 1.20 bits per heavy atom. The molecule has 0 heterocycles. The number of ketones is 1. The maximum atomic E-state index is 11.9. The highest BCUT2D eigenvalue weighted by Gasteiger charge is 2.14. The van der Waals surface area contributed by atoms with E-state index in [1.807, 2.05) is 0 Å². The lowest BCUT2D eigenvalue weighted by atomic mass is 10.1. The van der Waals surface area contributed by atoms with Gasteiger partial charge in [0.2, 0.25) is 5.91 Å². The third kappa shape index (κ3) is 5.28. The molecular weight excluding hydrogens is 322 g/mol. The Labute approximate surface area is 144 Å². The molecule has 2 rings (SSSR count). The number of benzene rings is 2. The van der Waals surface area contributed by atoms with Gasteiger partial charge in [-0.25, -0.2) is 0 Å². The van der Waals surface area contributed by atoms with Gasteiger partial charge < -0.3 is 16.0 Å². The van der Waals surface area contributed by atoms with Gasteiger partial charge in [0.15, 0.2) is 5.78 Å². The molecule has 25 heavy (non-hydrogen) atoms. The van der Waals surface area contributed by atoms with Gasteiger partial charge in [-0.05, 0) is 43.3 Å². The van der Waals surface area contributed by atoms with Crippen LogP contribution in [-0.2, 0) is 14.4 Å². The molecule has 2 aromatic rings. The second-order valence-corrected chi connectivity index (χ2v) is 5.30. The van der Waals surface area contributed by atoms with Crippen LogP contribution in [0, 0.1) is 0 Å². The van der Waals surface area contributed by atoms with Crippen LogP contribution in [-0.4, -0.2) is 23.5 Å². The van der Waals surface area contributed by atoms with Crippen molar-refractivity contribution in [1.29, 1.82) is 0 Å². The molecule has 0 saturated heterocycles. The molecule has 3 N–H and O–H groups in total. The lowest BCUT2D eigenvalue weighted by Gasteiger charge is -2.08. The quantitative estimate of drug-likeness (QED) is 0.588. The van der Waals surface area contributed by atoms with E-state index in [2.05, 4.69) is 16.0 Å². The number of nitrogens with one attached hydrogen (secondary N) is 3. The second kappa shape index (κ2) is 7.87. The van der Waals surface area contributed by atoms with Crippen molar-refractivity contribution >= 4 is 40.6 Å². The van der Waals surface area contributed by atoms with Crippen LogP contribution in [0.1, 0.15) is 24.2 Å². The summed E-state index contributed by atoms with van der Waals surface area (Å²) in [6.45, 7) is 2.80. The van der Waals surface area contributed by atoms with Crippen molar-refractivity contribution in [2.45, 2.75) is 13.8 Å². The zero-order valence-corrected chi connectivity index (χ0v) is 13.8. The van der Waals surface area contributed by atoms with E-state index in [4.69, 9.17) is 0 Å². The van der Waals surface area contributed by atoms with Crippen molar-refractivity contribution in [2.24, 2.45) is 0 Å². The Morgan fingerprint density at radius 3 is 1.72 bits per heavy atom. The molecule has 0 radical (unpaired) electrons. The van der Waals surface area contributed by atoms with E-state index in [0.717, 1.165) is 0 Å². The molecule has 0 bridgehead atoms. The maximum Gasteiger partial charge on any atom is 0.314 e. The van der Waals surface area contributed by atoms with Crippen molar-refractivity contribution < 1.29 is 19.2 Å². The third-order valence-corrected chi connectivity index (χ3v) is 3.20. The van der Waals surface area contributed by atoms with Crippen LogP contribution >= 0.6 is 0 Å². The van der Waals surface area contributed by atoms with Crippen LogP contribution in [0.2, 0.25) is 0 Å². The van der Waals surface area contributed by atoms with Crippen molar-refractivity contribution in [3.05, 3.63) is 54.1 Å². The summed E-state index contributed by atoms with van der Waals surface area (Å²) >= 11 is 0. The molecule has 7 heteroatoms. The van der Waals surface area contributed by atoms with Crippen LogP contribution in [0.3, 0.4) is 0 Å². The molecule has 0 aliphatic heterocycles. The molecule has 0 atom stereocenters. The first-order valence-electron chi connectivity index (χ1n) is 7.46. The molecule has 3 amide bonds. The van der Waals surface area contributed by atoms with Gasteiger partial charge in [0, 0.05) is 29.5 Å². The Morgan fingerprint density at radius 1 is 0.680 bits per heavy atom. The minimum absolute atomic E-state index is 0.139. The first-order valence-corrected chi connectivity index (χ1v) is 7.46. The SMILES string of the molecule is CC(=O)Nc1ccc(NC(=O)C(=O)Nc2cccc(C(C)=O)c2)cc1. The Kier molecular flexibility index (Phi) is 5.62. The number of carbonyl (C=O) groups is 4. The van der Waals surface area contributed by atoms with Crippen molar-refractivity contribution in [3.63, 3.8) is 0 Å². The second-order valence-electron chi connectivity index (χ2n) is 5.30. The molecule has 0 aliphatic rings. The van der Waals surface area contributed by atoms with E-state index < -0.39 is 11.8 Å². The monoisotopic (exact) mass is 339 g/mol. The maximum absolute atomic E-state index is 11.9. The molecule has 0 aliphatic carbocycles. The van der Waals surface area contributed by atoms with Crippen LogP contribution < -0.4 is 16.0 Å². The van der Waals surface area contributed by atoms with E-state index in [-0.39, 0.29) is 11.7 Å². The fourth-order valence-electron chi connectivity index (χ4n) is 2.03. The van der Waals surface area contributed by atoms with E-state index >= 15 is 0 Å². The predicted molar refractivity (Wildman–Crippen MR) is 94.5 cm³/mol. The number of rotatable bonds is 4. The van der Waals surface area contributed by atoms with Gasteiger partial charge >= 0.3 is 11.8 Å². The third-order valence-electron chi connectivity index (χ3n) is 3.20. The number of carbonyl (C=O) groups excluding carboxylic acids is 4. The minimum atomic E-state index is -0.855. The average molecular weight is 339 g/mol. The molecular formula is C18H17N3O4. The normalized spacial score (nSPS) is 9.84. The molecule has 0 saturated carbocycles. The van der Waals surface area contributed by atoms with Crippen molar-refractivity contribution in [2.75, 3.05) is 16.0 Å². The van der Waals surface area contributed by atoms with E-state index in [1.54, 1.807) is 42.5 Å². The van der Waals surface area contributed by atoms with Gasteiger partial charge in [0.05, 0.1) is 0 Å². The van der Waals surface area contributed by atoms with E-state index in [1.165, 1.54) is 19.9 Å². The first kappa shape index (κ1) is 17.9. The van der Waals surface area contributed by atoms with Gasteiger partial charge in [-0.15, -0.1) is 0 Å². The first-order chi connectivity index (χ1) is 11.8. The molecule has 0 unspecified atom stereocenters. The summed E-state index contributed by atoms with van der Waals surface area (Å²) in [7, 11) is 0. The topological polar surface area (TPSA) is 104 Å². The molecule has 7 nitrogen and oxygen atoms in total. The minimum Gasteiger partial charge on any atom is -0.326 e. The predicted octanol–water partition coefficient (Wildman–Crippen LogP) is 2.42. The number of anilines is 3. The molecule has 0 spiro atoms. The summed E-state index contributed by atoms with van der Waals surface area (Å²) in [5.74, 6) is -2.05. The highest BCUT2D eigenvalue weighted by molar-refractivity contribution is 6.43. The summed E-state index contributed by atoms with van der Waals surface area (Å²) < 4.78 is 0. The Balaban J connectivity index is 1.98. The Hall–Kier alpha value is -3.48. The molecule has 0 aromatic heterocycles. The number of hydrogen-bond donors (Lipinski definition) is 3. The highest BCUT2D eigenvalue weighted by Crippen LogP contribution is 2.14. The standard InChI is InChI=1S/C18H17N3O4/c1-11(22)13-4-3-5-16(10-13)21-18(25)17(24)20-15-8-6-14(7-9-15)19-12(2)23/h3-10H,1-2H3,(H,19,23)(H,20,24)(H,21,25). The highest BCUT2D eigenvalue weighted by atomic mass is 16.2. The number of hydrogen-bond acceptors (Lipinski definition) is 4. The van der Waals surface area contributed by atoms with Gasteiger partial charge in [-0.1, -0.05) is 12.1 Å². The zero-order chi connectivity index (χ0) is 18.4. The van der Waals surface area contributed by atoms with Gasteiger partial charge in [0.1, 0.15) is 0 Å². The van der Waals surface area contributed by atoms with Gasteiger partial charge in [-0.2, -0.15) is 0 Å². The smallest absolute Gasteiger partial charge is 0.314 e. The largest absolute Gasteiger partial charge is 0.326 e. The summed E-state index contributed by atoms with van der Waals surface area (Å²) in [6, 6.07) is 12.6. The molecule has 0 fully saturated rings. The fourth-order valence-corrected chi connectivity index (χ4v) is 2.03. The summed E-state index contributed by atoms with van der Waals surface area (Å²) in [4.78, 5) is 46.2. The summed E-state index contributed by atoms with van der Waals surface area (Å²) in [5, 5.41) is 7.48. The molecule has 128 valence electrons. The van der Waals surface area contributed by atoms with Crippen molar-refractivity contribution in [1.82, 2.24) is 0 Å². The lowest BCUT2D eigenvalue weighted by Crippen LogP contribution is -2.29. The van der Waals surface area contributed by atoms with E-state index in [9.17, 15) is 19.2 Å². The van der Waals surface area contributed by atoms with Crippen LogP contribution in [0.4, 0.5) is 17.1 Å². The average Bonchev–Trinajstić information content (AvgIpc) is 2.56. The zero-order valence-electron chi connectivity index (χ0n) is 13.8. The molecule has 2 aromatic carbocycles. The fraction of sp³-hybridized carbons (Fsp3) is 0.111. The summed E-state index contributed by atoms with van der Waals surface area (Å²) in [5.41, 5.74) is 1.78. The summed E-state index contributed by atoms with van der Waals surface area (Å²) in [6.07, 6.45) is 0. The van der Waals surface area contributed by atoms with Crippen LogP contribution in [0.15, 0.2) is 48.5 Å². The number of Topliss-reactive ketones (excluding diaryl/α,β-unsaturated/α-hetero) is 1. The van der Waals surface area contributed by atoms with Crippen molar-refractivity contribution in [3.8, 4) is 0 Å². The van der Waals surface area contributed by atoms with Crippen LogP contribution in [0.25, 0.3) is 0 Å². The van der Waals surface area contributed by atoms with Gasteiger partial charge in [-0.3, -0.25) is 19.2 Å². The number of amides is 3. The Bertz CT molecular complexity index is 828. The van der Waals surface area contributed by atoms with E-state index in [0.29, 0.717) is 22.6 Å². The van der Waals surface area contributed by atoms with Gasteiger partial charge in [0.25, 0.3) is 0 Å².